The number of carbonyl (C=O) groups is 1. The van der Waals surface area contributed by atoms with Gasteiger partial charge in [0.1, 0.15) is 5.75 Å². The van der Waals surface area contributed by atoms with Gasteiger partial charge in [-0.2, -0.15) is 0 Å². The number of fused-ring (bicyclic) bond motifs is 1. The molecule has 0 atom stereocenters. The van der Waals surface area contributed by atoms with Crippen molar-refractivity contribution in [3.8, 4) is 17.0 Å². The fourth-order valence-corrected chi connectivity index (χ4v) is 3.60. The molecule has 0 aliphatic carbocycles. The predicted molar refractivity (Wildman–Crippen MR) is 98.0 cm³/mol. The zero-order valence-electron chi connectivity index (χ0n) is 13.3. The number of nitrogens with zero attached hydrogens (tertiary/aromatic N) is 3. The minimum absolute atomic E-state index is 0.0576. The van der Waals surface area contributed by atoms with Gasteiger partial charge in [-0.05, 0) is 28.1 Å². The summed E-state index contributed by atoms with van der Waals surface area (Å²) >= 11 is 9.80. The van der Waals surface area contributed by atoms with Gasteiger partial charge in [-0.15, -0.1) is 0 Å². The number of urea groups is 1. The third kappa shape index (κ3) is 3.35. The van der Waals surface area contributed by atoms with Gasteiger partial charge in [0.15, 0.2) is 0 Å². The molecular weight excluding hydrogens is 412 g/mol. The molecule has 132 valence electrons. The Balaban J connectivity index is 2.08. The first-order chi connectivity index (χ1) is 11.9. The standard InChI is InChI=1S/C15H16BrClN6O2/c1-25-12-2-7(10(17)3-9(12)16)13-8-4-23(15(24)20-6-18)5-11(8)21-14(19)22-13/h2-3H,4-6,18H2,1H3,(H,20,24)(H2,19,21,22). The first-order valence-electron chi connectivity index (χ1n) is 7.36. The lowest BCUT2D eigenvalue weighted by Gasteiger charge is -2.15. The van der Waals surface area contributed by atoms with E-state index in [4.69, 9.17) is 27.8 Å². The quantitative estimate of drug-likeness (QED) is 0.645. The Morgan fingerprint density at radius 1 is 1.44 bits per heavy atom. The number of ether oxygens (including phenoxy) is 1. The largest absolute Gasteiger partial charge is 0.496 e. The maximum atomic E-state index is 12.1. The van der Waals surface area contributed by atoms with Gasteiger partial charge in [-0.25, -0.2) is 14.8 Å². The summed E-state index contributed by atoms with van der Waals surface area (Å²) in [6.45, 7) is 0.722. The number of halogens is 2. The number of benzene rings is 1. The minimum atomic E-state index is -0.274. The summed E-state index contributed by atoms with van der Waals surface area (Å²) < 4.78 is 6.06. The van der Waals surface area contributed by atoms with Crippen molar-refractivity contribution in [3.63, 3.8) is 0 Å². The fourth-order valence-electron chi connectivity index (χ4n) is 2.71. The average molecular weight is 428 g/mol. The highest BCUT2D eigenvalue weighted by Crippen LogP contribution is 2.39. The Kier molecular flexibility index (Phi) is 4.98. The van der Waals surface area contributed by atoms with Crippen LogP contribution in [0.5, 0.6) is 5.75 Å². The predicted octanol–water partition coefficient (Wildman–Crippen LogP) is 2.09. The second-order valence-corrected chi connectivity index (χ2v) is 6.63. The average Bonchev–Trinajstić information content (AvgIpc) is 2.98. The molecule has 2 aromatic rings. The highest BCUT2D eigenvalue weighted by molar-refractivity contribution is 9.10. The number of hydrogen-bond donors (Lipinski definition) is 3. The molecule has 25 heavy (non-hydrogen) atoms. The van der Waals surface area contributed by atoms with E-state index in [0.717, 1.165) is 10.0 Å². The molecule has 0 saturated carbocycles. The maximum absolute atomic E-state index is 12.1. The molecule has 8 nitrogen and oxygen atoms in total. The third-order valence-corrected chi connectivity index (χ3v) is 4.77. The van der Waals surface area contributed by atoms with Crippen LogP contribution in [-0.4, -0.2) is 34.7 Å². The highest BCUT2D eigenvalue weighted by atomic mass is 79.9. The van der Waals surface area contributed by atoms with Crippen molar-refractivity contribution in [2.75, 3.05) is 19.5 Å². The van der Waals surface area contributed by atoms with Gasteiger partial charge in [0.25, 0.3) is 0 Å². The van der Waals surface area contributed by atoms with Crippen LogP contribution in [0.25, 0.3) is 11.3 Å². The molecule has 1 aliphatic rings. The van der Waals surface area contributed by atoms with Crippen LogP contribution in [0.3, 0.4) is 0 Å². The summed E-state index contributed by atoms with van der Waals surface area (Å²) in [7, 11) is 1.56. The molecule has 0 spiro atoms. The molecule has 0 saturated heterocycles. The lowest BCUT2D eigenvalue weighted by Crippen LogP contribution is -2.39. The van der Waals surface area contributed by atoms with E-state index in [9.17, 15) is 4.79 Å². The number of amides is 2. The van der Waals surface area contributed by atoms with Crippen molar-refractivity contribution in [1.82, 2.24) is 20.2 Å². The summed E-state index contributed by atoms with van der Waals surface area (Å²) in [6, 6.07) is 3.23. The first kappa shape index (κ1) is 17.7. The summed E-state index contributed by atoms with van der Waals surface area (Å²) in [5, 5.41) is 3.05. The van der Waals surface area contributed by atoms with Crippen molar-refractivity contribution in [2.24, 2.45) is 5.73 Å². The Labute approximate surface area is 157 Å². The van der Waals surface area contributed by atoms with E-state index < -0.39 is 0 Å². The number of nitrogens with one attached hydrogen (secondary N) is 1. The van der Waals surface area contributed by atoms with E-state index in [2.05, 4.69) is 31.2 Å². The summed E-state index contributed by atoms with van der Waals surface area (Å²) in [5.41, 5.74) is 14.0. The molecule has 1 aliphatic heterocycles. The molecule has 5 N–H and O–H groups in total. The van der Waals surface area contributed by atoms with E-state index >= 15 is 0 Å². The van der Waals surface area contributed by atoms with E-state index in [0.29, 0.717) is 40.8 Å². The van der Waals surface area contributed by atoms with Gasteiger partial charge in [-0.1, -0.05) is 11.6 Å². The van der Waals surface area contributed by atoms with Gasteiger partial charge in [0.05, 0.1) is 47.8 Å². The molecular formula is C15H16BrClN6O2. The van der Waals surface area contributed by atoms with E-state index in [-0.39, 0.29) is 18.6 Å². The number of nitrogens with two attached hydrogens (primary N) is 2. The van der Waals surface area contributed by atoms with Gasteiger partial charge in [0.2, 0.25) is 5.95 Å². The second-order valence-electron chi connectivity index (χ2n) is 5.36. The number of methoxy groups -OCH3 is 1. The van der Waals surface area contributed by atoms with Crippen molar-refractivity contribution in [3.05, 3.63) is 32.9 Å². The van der Waals surface area contributed by atoms with E-state index in [1.807, 2.05) is 0 Å². The topological polar surface area (TPSA) is 119 Å². The lowest BCUT2D eigenvalue weighted by atomic mass is 10.1. The zero-order valence-corrected chi connectivity index (χ0v) is 15.7. The number of rotatable bonds is 3. The number of carbonyl (C=O) groups excluding carboxylic acids is 1. The van der Waals surface area contributed by atoms with Gasteiger partial charge in [-0.3, -0.25) is 0 Å². The normalized spacial score (nSPS) is 12.9. The molecule has 2 amide bonds. The highest BCUT2D eigenvalue weighted by Gasteiger charge is 2.29. The van der Waals surface area contributed by atoms with Crippen LogP contribution in [0.15, 0.2) is 16.6 Å². The van der Waals surface area contributed by atoms with Crippen LogP contribution in [0, 0.1) is 0 Å². The Bertz CT molecular complexity index is 847. The van der Waals surface area contributed by atoms with Crippen molar-refractivity contribution < 1.29 is 9.53 Å². The first-order valence-corrected chi connectivity index (χ1v) is 8.53. The van der Waals surface area contributed by atoms with Gasteiger partial charge in [0, 0.05) is 11.1 Å². The number of nitrogen functional groups attached to an aromatic ring is 1. The number of hydrogen-bond acceptors (Lipinski definition) is 6. The maximum Gasteiger partial charge on any atom is 0.319 e. The molecule has 0 radical (unpaired) electrons. The van der Waals surface area contributed by atoms with E-state index in [1.54, 1.807) is 24.1 Å². The second kappa shape index (κ2) is 7.03. The van der Waals surface area contributed by atoms with Crippen LogP contribution >= 0.6 is 27.5 Å². The molecule has 0 fully saturated rings. The molecule has 2 heterocycles. The van der Waals surface area contributed by atoms with Gasteiger partial charge >= 0.3 is 6.03 Å². The number of anilines is 1. The Morgan fingerprint density at radius 2 is 2.20 bits per heavy atom. The fraction of sp³-hybridized carbons (Fsp3) is 0.267. The third-order valence-electron chi connectivity index (χ3n) is 3.84. The molecule has 1 aromatic heterocycles. The molecule has 3 rings (SSSR count). The molecule has 0 unspecified atom stereocenters. The summed E-state index contributed by atoms with van der Waals surface area (Å²) in [5.74, 6) is 0.730. The molecule has 10 heteroatoms. The summed E-state index contributed by atoms with van der Waals surface area (Å²) in [4.78, 5) is 22.2. The van der Waals surface area contributed by atoms with Crippen LogP contribution in [-0.2, 0) is 13.1 Å². The summed E-state index contributed by atoms with van der Waals surface area (Å²) in [6.07, 6.45) is 0. The molecule has 0 bridgehead atoms. The van der Waals surface area contributed by atoms with E-state index in [1.165, 1.54) is 0 Å². The molecule has 1 aromatic carbocycles. The minimum Gasteiger partial charge on any atom is -0.496 e. The zero-order chi connectivity index (χ0) is 18.1. The van der Waals surface area contributed by atoms with Crippen LogP contribution in [0.4, 0.5) is 10.7 Å². The monoisotopic (exact) mass is 426 g/mol. The van der Waals surface area contributed by atoms with Gasteiger partial charge < -0.3 is 26.4 Å². The van der Waals surface area contributed by atoms with Crippen LogP contribution in [0.2, 0.25) is 5.02 Å². The lowest BCUT2D eigenvalue weighted by molar-refractivity contribution is 0.198. The van der Waals surface area contributed by atoms with Crippen LogP contribution in [0.1, 0.15) is 11.3 Å². The number of aromatic nitrogens is 2. The Hall–Kier alpha value is -2.10. The van der Waals surface area contributed by atoms with Crippen molar-refractivity contribution >= 4 is 39.5 Å². The smallest absolute Gasteiger partial charge is 0.319 e. The Morgan fingerprint density at radius 3 is 2.88 bits per heavy atom. The van der Waals surface area contributed by atoms with Crippen molar-refractivity contribution in [1.29, 1.82) is 0 Å². The SMILES string of the molecule is COc1cc(-c2nc(N)nc3c2CN(C(=O)NCN)C3)c(Cl)cc1Br. The van der Waals surface area contributed by atoms with Crippen molar-refractivity contribution in [2.45, 2.75) is 13.1 Å². The van der Waals surface area contributed by atoms with Crippen LogP contribution < -0.4 is 21.5 Å².